The van der Waals surface area contributed by atoms with Gasteiger partial charge in [-0.2, -0.15) is 0 Å². The number of ether oxygens (including phenoxy) is 1. The summed E-state index contributed by atoms with van der Waals surface area (Å²) in [6.07, 6.45) is 0. The van der Waals surface area contributed by atoms with E-state index in [1.165, 1.54) is 7.11 Å². The molecular weight excluding hydrogens is 224 g/mol. The van der Waals surface area contributed by atoms with E-state index in [0.717, 1.165) is 11.1 Å². The van der Waals surface area contributed by atoms with Crippen LogP contribution in [0.1, 0.15) is 18.1 Å². The maximum atomic E-state index is 11.9. The van der Waals surface area contributed by atoms with Crippen LogP contribution in [0.5, 0.6) is 0 Å². The fourth-order valence-corrected chi connectivity index (χ4v) is 2.51. The van der Waals surface area contributed by atoms with E-state index in [-0.39, 0.29) is 0 Å². The number of hydrogen-bond donors (Lipinski definition) is 0. The van der Waals surface area contributed by atoms with Gasteiger partial charge in [-0.15, -0.1) is 0 Å². The van der Waals surface area contributed by atoms with Crippen LogP contribution < -0.4 is 0 Å². The molecule has 0 aliphatic heterocycles. The second-order valence-corrected chi connectivity index (χ2v) is 5.37. The fourth-order valence-electron chi connectivity index (χ4n) is 1.32. The summed E-state index contributed by atoms with van der Waals surface area (Å²) in [4.78, 5) is 11.2. The molecule has 0 aromatic heterocycles. The van der Waals surface area contributed by atoms with Crippen LogP contribution in [0.3, 0.4) is 0 Å². The predicted molar refractivity (Wildman–Crippen MR) is 64.5 cm³/mol. The summed E-state index contributed by atoms with van der Waals surface area (Å²) in [5.41, 5.74) is 2.10. The summed E-state index contributed by atoms with van der Waals surface area (Å²) >= 11 is 0. The minimum atomic E-state index is -1.23. The molecule has 0 saturated carbocycles. The molecule has 0 aliphatic carbocycles. The Bertz CT molecular complexity index is 401. The van der Waals surface area contributed by atoms with Crippen LogP contribution in [0.4, 0.5) is 0 Å². The third kappa shape index (κ3) is 3.17. The lowest BCUT2D eigenvalue weighted by Gasteiger charge is -2.10. The van der Waals surface area contributed by atoms with Gasteiger partial charge in [-0.25, -0.2) is 0 Å². The second-order valence-electron chi connectivity index (χ2n) is 3.62. The highest BCUT2D eigenvalue weighted by Crippen LogP contribution is 2.12. The van der Waals surface area contributed by atoms with Crippen molar-refractivity contribution in [2.24, 2.45) is 0 Å². The van der Waals surface area contributed by atoms with Gasteiger partial charge in [-0.3, -0.25) is 9.00 Å². The van der Waals surface area contributed by atoms with Gasteiger partial charge in [-0.05, 0) is 25.0 Å². The van der Waals surface area contributed by atoms with Crippen molar-refractivity contribution in [1.82, 2.24) is 0 Å². The fraction of sp³-hybridized carbons (Fsp3) is 0.417. The Morgan fingerprint density at radius 2 is 2.06 bits per heavy atom. The van der Waals surface area contributed by atoms with Crippen molar-refractivity contribution in [3.63, 3.8) is 0 Å². The van der Waals surface area contributed by atoms with Crippen molar-refractivity contribution >= 4 is 16.8 Å². The van der Waals surface area contributed by atoms with Crippen LogP contribution in [-0.4, -0.2) is 22.5 Å². The number of aryl methyl sites for hydroxylation is 1. The average Bonchev–Trinajstić information content (AvgIpc) is 2.30. The lowest BCUT2D eigenvalue weighted by molar-refractivity contribution is -0.139. The Morgan fingerprint density at radius 3 is 2.62 bits per heavy atom. The molecule has 1 aromatic carbocycles. The maximum absolute atomic E-state index is 11.9. The zero-order valence-electron chi connectivity index (χ0n) is 9.73. The zero-order chi connectivity index (χ0) is 12.1. The highest BCUT2D eigenvalue weighted by molar-refractivity contribution is 7.85. The molecule has 3 nitrogen and oxygen atoms in total. The molecule has 0 amide bonds. The summed E-state index contributed by atoms with van der Waals surface area (Å²) in [6.45, 7) is 3.59. The SMILES string of the molecule is COC(=O)C(C)S(=O)Cc1ccccc1C. The molecule has 0 bridgehead atoms. The predicted octanol–water partition coefficient (Wildman–Crippen LogP) is 1.81. The van der Waals surface area contributed by atoms with Gasteiger partial charge in [-0.1, -0.05) is 24.3 Å². The lowest BCUT2D eigenvalue weighted by Crippen LogP contribution is -2.24. The molecule has 0 aliphatic rings. The highest BCUT2D eigenvalue weighted by atomic mass is 32.2. The normalized spacial score (nSPS) is 14.2. The van der Waals surface area contributed by atoms with Crippen LogP contribution in [0.25, 0.3) is 0 Å². The van der Waals surface area contributed by atoms with Crippen molar-refractivity contribution in [2.45, 2.75) is 24.9 Å². The van der Waals surface area contributed by atoms with Crippen molar-refractivity contribution in [3.8, 4) is 0 Å². The summed E-state index contributed by atoms with van der Waals surface area (Å²) in [5, 5.41) is -0.579. The maximum Gasteiger partial charge on any atom is 0.321 e. The first-order valence-electron chi connectivity index (χ1n) is 5.05. The molecule has 0 spiro atoms. The topological polar surface area (TPSA) is 43.4 Å². The number of carbonyl (C=O) groups excluding carboxylic acids is 1. The molecule has 16 heavy (non-hydrogen) atoms. The summed E-state index contributed by atoms with van der Waals surface area (Å²) in [7, 11) is 0.0788. The van der Waals surface area contributed by atoms with E-state index in [2.05, 4.69) is 4.74 Å². The third-order valence-electron chi connectivity index (χ3n) is 2.49. The molecule has 0 saturated heterocycles. The minimum Gasteiger partial charge on any atom is -0.468 e. The monoisotopic (exact) mass is 240 g/mol. The van der Waals surface area contributed by atoms with E-state index in [1.807, 2.05) is 31.2 Å². The molecule has 2 atom stereocenters. The van der Waals surface area contributed by atoms with E-state index in [4.69, 9.17) is 0 Å². The van der Waals surface area contributed by atoms with E-state index in [9.17, 15) is 9.00 Å². The first-order valence-corrected chi connectivity index (χ1v) is 6.44. The van der Waals surface area contributed by atoms with E-state index in [1.54, 1.807) is 6.92 Å². The Hall–Kier alpha value is -1.16. The van der Waals surface area contributed by atoms with Gasteiger partial charge >= 0.3 is 5.97 Å². The van der Waals surface area contributed by atoms with Crippen LogP contribution >= 0.6 is 0 Å². The molecular formula is C12H16O3S. The quantitative estimate of drug-likeness (QED) is 0.754. The van der Waals surface area contributed by atoms with Crippen LogP contribution in [0.15, 0.2) is 24.3 Å². The van der Waals surface area contributed by atoms with Gasteiger partial charge in [0.25, 0.3) is 0 Å². The number of carbonyl (C=O) groups is 1. The molecule has 0 heterocycles. The summed E-state index contributed by atoms with van der Waals surface area (Å²) in [5.74, 6) is -0.0323. The number of hydrogen-bond acceptors (Lipinski definition) is 3. The average molecular weight is 240 g/mol. The molecule has 0 radical (unpaired) electrons. The Labute approximate surface area is 98.3 Å². The van der Waals surface area contributed by atoms with Crippen LogP contribution in [0.2, 0.25) is 0 Å². The Morgan fingerprint density at radius 1 is 1.44 bits per heavy atom. The zero-order valence-corrected chi connectivity index (χ0v) is 10.5. The van der Waals surface area contributed by atoms with Crippen molar-refractivity contribution in [3.05, 3.63) is 35.4 Å². The first kappa shape index (κ1) is 12.9. The molecule has 1 rings (SSSR count). The van der Waals surface area contributed by atoms with Crippen LogP contribution in [0, 0.1) is 6.92 Å². The smallest absolute Gasteiger partial charge is 0.321 e. The number of methoxy groups -OCH3 is 1. The standard InChI is InChI=1S/C12H16O3S/c1-9-6-4-5-7-11(9)8-16(14)10(2)12(13)15-3/h4-7,10H,8H2,1-3H3. The first-order chi connectivity index (χ1) is 7.56. The number of esters is 1. The van der Waals surface area contributed by atoms with Crippen LogP contribution in [-0.2, 0) is 26.1 Å². The van der Waals surface area contributed by atoms with Gasteiger partial charge < -0.3 is 4.74 Å². The summed E-state index contributed by atoms with van der Waals surface area (Å²) in [6, 6.07) is 7.74. The minimum absolute atomic E-state index is 0.392. The molecule has 1 aromatic rings. The molecule has 0 N–H and O–H groups in total. The second kappa shape index (κ2) is 5.80. The van der Waals surface area contributed by atoms with E-state index < -0.39 is 22.0 Å². The molecule has 4 heteroatoms. The van der Waals surface area contributed by atoms with Gasteiger partial charge in [0, 0.05) is 16.6 Å². The number of benzene rings is 1. The van der Waals surface area contributed by atoms with Crippen molar-refractivity contribution in [1.29, 1.82) is 0 Å². The largest absolute Gasteiger partial charge is 0.468 e. The van der Waals surface area contributed by atoms with E-state index >= 15 is 0 Å². The molecule has 0 fully saturated rings. The Kier molecular flexibility index (Phi) is 4.68. The van der Waals surface area contributed by atoms with Crippen molar-refractivity contribution in [2.75, 3.05) is 7.11 Å². The van der Waals surface area contributed by atoms with Gasteiger partial charge in [0.05, 0.1) is 7.11 Å². The van der Waals surface area contributed by atoms with Gasteiger partial charge in [0.2, 0.25) is 0 Å². The molecule has 88 valence electrons. The third-order valence-corrected chi connectivity index (χ3v) is 4.06. The highest BCUT2D eigenvalue weighted by Gasteiger charge is 2.20. The van der Waals surface area contributed by atoms with Gasteiger partial charge in [0.15, 0.2) is 0 Å². The van der Waals surface area contributed by atoms with Crippen molar-refractivity contribution < 1.29 is 13.7 Å². The molecule has 2 unspecified atom stereocenters. The number of rotatable bonds is 4. The van der Waals surface area contributed by atoms with Gasteiger partial charge in [0.1, 0.15) is 5.25 Å². The lowest BCUT2D eigenvalue weighted by atomic mass is 10.1. The Balaban J connectivity index is 2.72. The summed E-state index contributed by atoms with van der Waals surface area (Å²) < 4.78 is 16.4. The van der Waals surface area contributed by atoms with E-state index in [0.29, 0.717) is 5.75 Å².